The average molecular weight is 356 g/mol. The van der Waals surface area contributed by atoms with Crippen LogP contribution in [0.2, 0.25) is 5.15 Å². The standard InChI is InChI=1S/C17H26ClN3O3/c1-12-11-19-15(20-14(12)18)23-10-8-13-7-5-6-9-21(13)16(22)24-17(2,3)4/h11,13H,5-10H2,1-4H3. The van der Waals surface area contributed by atoms with Gasteiger partial charge in [-0.15, -0.1) is 0 Å². The van der Waals surface area contributed by atoms with E-state index in [2.05, 4.69) is 9.97 Å². The number of nitrogens with zero attached hydrogens (tertiary/aromatic N) is 3. The maximum Gasteiger partial charge on any atom is 0.410 e. The van der Waals surface area contributed by atoms with E-state index < -0.39 is 5.60 Å². The predicted octanol–water partition coefficient (Wildman–Crippen LogP) is 4.00. The van der Waals surface area contributed by atoms with Gasteiger partial charge in [-0.2, -0.15) is 4.98 Å². The van der Waals surface area contributed by atoms with Crippen LogP contribution in [0.15, 0.2) is 6.20 Å². The van der Waals surface area contributed by atoms with Crippen molar-refractivity contribution in [2.24, 2.45) is 0 Å². The second kappa shape index (κ2) is 8.01. The molecule has 1 aromatic heterocycles. The van der Waals surface area contributed by atoms with Gasteiger partial charge in [-0.3, -0.25) is 0 Å². The molecule has 24 heavy (non-hydrogen) atoms. The number of aromatic nitrogens is 2. The molecule has 0 aliphatic carbocycles. The number of carbonyl (C=O) groups is 1. The van der Waals surface area contributed by atoms with Crippen molar-refractivity contribution in [1.29, 1.82) is 0 Å². The number of piperidine rings is 1. The molecule has 0 spiro atoms. The van der Waals surface area contributed by atoms with Crippen LogP contribution in [-0.4, -0.2) is 45.8 Å². The van der Waals surface area contributed by atoms with E-state index in [0.717, 1.165) is 31.4 Å². The zero-order valence-electron chi connectivity index (χ0n) is 14.8. The molecule has 1 unspecified atom stereocenters. The summed E-state index contributed by atoms with van der Waals surface area (Å²) in [5, 5.41) is 0.396. The van der Waals surface area contributed by atoms with Crippen LogP contribution >= 0.6 is 11.6 Å². The summed E-state index contributed by atoms with van der Waals surface area (Å²) in [5.74, 6) is 0. The van der Waals surface area contributed by atoms with E-state index >= 15 is 0 Å². The van der Waals surface area contributed by atoms with Crippen molar-refractivity contribution in [3.8, 4) is 6.01 Å². The zero-order chi connectivity index (χ0) is 17.7. The summed E-state index contributed by atoms with van der Waals surface area (Å²) in [7, 11) is 0. The van der Waals surface area contributed by atoms with Crippen molar-refractivity contribution in [1.82, 2.24) is 14.9 Å². The highest BCUT2D eigenvalue weighted by molar-refractivity contribution is 6.30. The first-order chi connectivity index (χ1) is 11.3. The van der Waals surface area contributed by atoms with Crippen LogP contribution in [0.4, 0.5) is 4.79 Å². The Bertz CT molecular complexity index is 575. The average Bonchev–Trinajstić information content (AvgIpc) is 2.49. The van der Waals surface area contributed by atoms with E-state index in [1.165, 1.54) is 0 Å². The Kier molecular flexibility index (Phi) is 6.27. The number of aryl methyl sites for hydroxylation is 1. The number of halogens is 1. The molecule has 0 saturated carbocycles. The summed E-state index contributed by atoms with van der Waals surface area (Å²) < 4.78 is 11.1. The topological polar surface area (TPSA) is 64.5 Å². The summed E-state index contributed by atoms with van der Waals surface area (Å²) in [4.78, 5) is 22.4. The number of amides is 1. The molecular weight excluding hydrogens is 330 g/mol. The molecule has 0 bridgehead atoms. The number of likely N-dealkylation sites (tertiary alicyclic amines) is 1. The second-order valence-electron chi connectivity index (χ2n) is 7.09. The van der Waals surface area contributed by atoms with Crippen molar-refractivity contribution in [2.75, 3.05) is 13.2 Å². The van der Waals surface area contributed by atoms with Crippen molar-refractivity contribution in [2.45, 2.75) is 65.0 Å². The van der Waals surface area contributed by atoms with E-state index in [0.29, 0.717) is 18.2 Å². The number of ether oxygens (including phenoxy) is 2. The zero-order valence-corrected chi connectivity index (χ0v) is 15.6. The Labute approximate surface area is 148 Å². The lowest BCUT2D eigenvalue weighted by molar-refractivity contribution is 0.00732. The lowest BCUT2D eigenvalue weighted by Crippen LogP contribution is -2.46. The van der Waals surface area contributed by atoms with Gasteiger partial charge >= 0.3 is 12.1 Å². The SMILES string of the molecule is Cc1cnc(OCCC2CCCCN2C(=O)OC(C)(C)C)nc1Cl. The van der Waals surface area contributed by atoms with Crippen molar-refractivity contribution < 1.29 is 14.3 Å². The van der Waals surface area contributed by atoms with E-state index in [-0.39, 0.29) is 18.1 Å². The van der Waals surface area contributed by atoms with Crippen LogP contribution in [0.3, 0.4) is 0 Å². The summed E-state index contributed by atoms with van der Waals surface area (Å²) in [6.45, 7) is 8.64. The first-order valence-electron chi connectivity index (χ1n) is 8.38. The van der Waals surface area contributed by atoms with E-state index in [1.807, 2.05) is 32.6 Å². The Hall–Kier alpha value is -1.56. The van der Waals surface area contributed by atoms with Gasteiger partial charge in [0.1, 0.15) is 10.8 Å². The molecule has 7 heteroatoms. The molecule has 134 valence electrons. The monoisotopic (exact) mass is 355 g/mol. The molecule has 1 aliphatic rings. The van der Waals surface area contributed by atoms with E-state index in [9.17, 15) is 4.79 Å². The minimum Gasteiger partial charge on any atom is -0.463 e. The fourth-order valence-electron chi connectivity index (χ4n) is 2.62. The number of rotatable bonds is 4. The summed E-state index contributed by atoms with van der Waals surface area (Å²) in [6.07, 6.45) is 5.18. The van der Waals surface area contributed by atoms with Gasteiger partial charge in [-0.1, -0.05) is 11.6 Å². The molecule has 1 aliphatic heterocycles. The molecule has 0 radical (unpaired) electrons. The molecule has 2 heterocycles. The van der Waals surface area contributed by atoms with Crippen molar-refractivity contribution in [3.63, 3.8) is 0 Å². The molecule has 1 aromatic rings. The molecular formula is C17H26ClN3O3. The maximum absolute atomic E-state index is 12.4. The van der Waals surface area contributed by atoms with Crippen molar-refractivity contribution >= 4 is 17.7 Å². The highest BCUT2D eigenvalue weighted by atomic mass is 35.5. The Morgan fingerprint density at radius 2 is 2.17 bits per heavy atom. The van der Waals surface area contributed by atoms with Gasteiger partial charge in [0.05, 0.1) is 6.61 Å². The Morgan fingerprint density at radius 1 is 1.42 bits per heavy atom. The second-order valence-corrected chi connectivity index (χ2v) is 7.44. The van der Waals surface area contributed by atoms with Gasteiger partial charge in [0.15, 0.2) is 0 Å². The number of hydrogen-bond acceptors (Lipinski definition) is 5. The third-order valence-corrected chi connectivity index (χ3v) is 4.21. The molecule has 0 aromatic carbocycles. The van der Waals surface area contributed by atoms with Crippen LogP contribution in [0, 0.1) is 6.92 Å². The Balaban J connectivity index is 1.88. The van der Waals surface area contributed by atoms with Gasteiger partial charge in [0.25, 0.3) is 0 Å². The maximum atomic E-state index is 12.4. The summed E-state index contributed by atoms with van der Waals surface area (Å²) in [5.41, 5.74) is 0.328. The highest BCUT2D eigenvalue weighted by Gasteiger charge is 2.30. The third-order valence-electron chi connectivity index (χ3n) is 3.83. The first kappa shape index (κ1) is 18.8. The molecule has 2 rings (SSSR count). The lowest BCUT2D eigenvalue weighted by Gasteiger charge is -2.36. The minimum absolute atomic E-state index is 0.120. The number of hydrogen-bond donors (Lipinski definition) is 0. The van der Waals surface area contributed by atoms with Gasteiger partial charge in [0, 0.05) is 30.8 Å². The van der Waals surface area contributed by atoms with Gasteiger partial charge in [-0.05, 0) is 47.0 Å². The van der Waals surface area contributed by atoms with Gasteiger partial charge in [-0.25, -0.2) is 9.78 Å². The lowest BCUT2D eigenvalue weighted by atomic mass is 10.0. The van der Waals surface area contributed by atoms with Crippen LogP contribution in [0.5, 0.6) is 6.01 Å². The predicted molar refractivity (Wildman–Crippen MR) is 92.5 cm³/mol. The molecule has 6 nitrogen and oxygen atoms in total. The quantitative estimate of drug-likeness (QED) is 0.764. The van der Waals surface area contributed by atoms with Crippen LogP contribution in [-0.2, 0) is 4.74 Å². The Morgan fingerprint density at radius 3 is 2.83 bits per heavy atom. The fraction of sp³-hybridized carbons (Fsp3) is 0.706. The normalized spacial score (nSPS) is 18.4. The molecule has 1 atom stereocenters. The first-order valence-corrected chi connectivity index (χ1v) is 8.75. The highest BCUT2D eigenvalue weighted by Crippen LogP contribution is 2.23. The van der Waals surface area contributed by atoms with Crippen LogP contribution < -0.4 is 4.74 Å². The van der Waals surface area contributed by atoms with E-state index in [1.54, 1.807) is 6.20 Å². The molecule has 1 amide bonds. The molecule has 1 saturated heterocycles. The van der Waals surface area contributed by atoms with Crippen LogP contribution in [0.25, 0.3) is 0 Å². The number of carbonyl (C=O) groups excluding carboxylic acids is 1. The fourth-order valence-corrected chi connectivity index (χ4v) is 2.74. The van der Waals surface area contributed by atoms with Crippen LogP contribution in [0.1, 0.15) is 52.0 Å². The van der Waals surface area contributed by atoms with Crippen molar-refractivity contribution in [3.05, 3.63) is 16.9 Å². The summed E-state index contributed by atoms with van der Waals surface area (Å²) >= 11 is 5.97. The summed E-state index contributed by atoms with van der Waals surface area (Å²) in [6, 6.07) is 0.389. The van der Waals surface area contributed by atoms with Gasteiger partial charge in [0.2, 0.25) is 0 Å². The largest absolute Gasteiger partial charge is 0.463 e. The molecule has 0 N–H and O–H groups in total. The van der Waals surface area contributed by atoms with Gasteiger partial charge < -0.3 is 14.4 Å². The minimum atomic E-state index is -0.484. The van der Waals surface area contributed by atoms with E-state index in [4.69, 9.17) is 21.1 Å². The third kappa shape index (κ3) is 5.51. The smallest absolute Gasteiger partial charge is 0.410 e. The molecule has 1 fully saturated rings.